The number of carbonyl (C=O) groups is 1. The van der Waals surface area contributed by atoms with E-state index in [1.165, 1.54) is 12.1 Å². The summed E-state index contributed by atoms with van der Waals surface area (Å²) in [4.78, 5) is 21.1. The monoisotopic (exact) mass is 360 g/mol. The summed E-state index contributed by atoms with van der Waals surface area (Å²) < 4.78 is 15.0. The number of hydrogen-bond donors (Lipinski definition) is 1. The fraction of sp³-hybridized carbons (Fsp3) is 0.0952. The van der Waals surface area contributed by atoms with Gasteiger partial charge in [0.2, 0.25) is 0 Å². The first-order valence-corrected chi connectivity index (χ1v) is 8.56. The van der Waals surface area contributed by atoms with Crippen molar-refractivity contribution < 1.29 is 9.18 Å². The summed E-state index contributed by atoms with van der Waals surface area (Å²) in [5, 5.41) is 3.72. The lowest BCUT2D eigenvalue weighted by Crippen LogP contribution is -2.22. The second kappa shape index (κ2) is 7.37. The van der Waals surface area contributed by atoms with Crippen LogP contribution in [0.5, 0.6) is 0 Å². The van der Waals surface area contributed by atoms with Gasteiger partial charge in [0.1, 0.15) is 11.5 Å². The number of benzene rings is 1. The van der Waals surface area contributed by atoms with Gasteiger partial charge in [-0.15, -0.1) is 0 Å². The number of rotatable bonds is 5. The van der Waals surface area contributed by atoms with Gasteiger partial charge in [-0.1, -0.05) is 12.1 Å². The third-order valence-electron chi connectivity index (χ3n) is 4.35. The van der Waals surface area contributed by atoms with Crippen LogP contribution in [0.1, 0.15) is 21.5 Å². The van der Waals surface area contributed by atoms with Crippen LogP contribution in [0.4, 0.5) is 4.39 Å². The molecule has 0 spiro atoms. The third kappa shape index (κ3) is 3.69. The molecule has 0 aliphatic heterocycles. The first-order valence-electron chi connectivity index (χ1n) is 8.56. The quantitative estimate of drug-likeness (QED) is 0.592. The van der Waals surface area contributed by atoms with Crippen molar-refractivity contribution in [2.45, 2.75) is 13.1 Å². The lowest BCUT2D eigenvalue weighted by molar-refractivity contribution is 0.0952. The molecule has 1 aromatic carbocycles. The number of amides is 1. The Hall–Kier alpha value is -3.54. The molecule has 0 saturated heterocycles. The van der Waals surface area contributed by atoms with Crippen molar-refractivity contribution in [2.75, 3.05) is 0 Å². The van der Waals surface area contributed by atoms with Gasteiger partial charge < -0.3 is 9.88 Å². The van der Waals surface area contributed by atoms with Crippen LogP contribution in [-0.2, 0) is 13.1 Å². The van der Waals surface area contributed by atoms with E-state index in [1.54, 1.807) is 36.9 Å². The molecule has 27 heavy (non-hydrogen) atoms. The van der Waals surface area contributed by atoms with Gasteiger partial charge in [0, 0.05) is 43.3 Å². The van der Waals surface area contributed by atoms with E-state index in [4.69, 9.17) is 0 Å². The largest absolute Gasteiger partial charge is 0.348 e. The van der Waals surface area contributed by atoms with Crippen LogP contribution in [0.2, 0.25) is 0 Å². The molecule has 0 unspecified atom stereocenters. The van der Waals surface area contributed by atoms with Crippen molar-refractivity contribution >= 4 is 16.9 Å². The number of fused-ring (bicyclic) bond motifs is 1. The molecule has 3 heterocycles. The van der Waals surface area contributed by atoms with Gasteiger partial charge in [-0.25, -0.2) is 9.37 Å². The molecule has 0 bridgehead atoms. The molecule has 0 aliphatic rings. The highest BCUT2D eigenvalue weighted by Crippen LogP contribution is 2.21. The zero-order valence-electron chi connectivity index (χ0n) is 14.5. The predicted molar refractivity (Wildman–Crippen MR) is 101 cm³/mol. The lowest BCUT2D eigenvalue weighted by Gasteiger charge is -2.05. The maximum Gasteiger partial charge on any atom is 0.253 e. The van der Waals surface area contributed by atoms with Crippen molar-refractivity contribution in [1.82, 2.24) is 19.9 Å². The smallest absolute Gasteiger partial charge is 0.253 e. The molecule has 0 fully saturated rings. The third-order valence-corrected chi connectivity index (χ3v) is 4.35. The highest BCUT2D eigenvalue weighted by Gasteiger charge is 2.16. The van der Waals surface area contributed by atoms with Crippen molar-refractivity contribution in [2.24, 2.45) is 0 Å². The number of carbonyl (C=O) groups excluding carboxylic acids is 1. The zero-order chi connectivity index (χ0) is 18.6. The molecule has 5 nitrogen and oxygen atoms in total. The Kier molecular flexibility index (Phi) is 4.61. The number of hydrogen-bond acceptors (Lipinski definition) is 3. The molecule has 0 atom stereocenters. The molecule has 4 aromatic rings. The van der Waals surface area contributed by atoms with Gasteiger partial charge in [0.15, 0.2) is 0 Å². The summed E-state index contributed by atoms with van der Waals surface area (Å²) in [6.07, 6.45) is 6.88. The molecule has 0 aliphatic carbocycles. The van der Waals surface area contributed by atoms with E-state index in [0.29, 0.717) is 18.7 Å². The molecule has 0 saturated carbocycles. The number of nitrogens with zero attached hydrogens (tertiary/aromatic N) is 3. The van der Waals surface area contributed by atoms with Crippen LogP contribution in [0, 0.1) is 5.82 Å². The van der Waals surface area contributed by atoms with Gasteiger partial charge in [0.25, 0.3) is 5.91 Å². The van der Waals surface area contributed by atoms with Crippen LogP contribution in [-0.4, -0.2) is 20.4 Å². The van der Waals surface area contributed by atoms with Crippen molar-refractivity contribution in [3.63, 3.8) is 0 Å². The minimum Gasteiger partial charge on any atom is -0.348 e. The second-order valence-electron chi connectivity index (χ2n) is 6.21. The van der Waals surface area contributed by atoms with Crippen LogP contribution >= 0.6 is 0 Å². The predicted octanol–water partition coefficient (Wildman–Crippen LogP) is 3.55. The van der Waals surface area contributed by atoms with Crippen LogP contribution < -0.4 is 5.32 Å². The molecule has 3 aromatic heterocycles. The molecule has 1 amide bonds. The number of pyridine rings is 2. The Morgan fingerprint density at radius 2 is 1.78 bits per heavy atom. The van der Waals surface area contributed by atoms with E-state index in [9.17, 15) is 9.18 Å². The van der Waals surface area contributed by atoms with Crippen LogP contribution in [0.25, 0.3) is 11.0 Å². The van der Waals surface area contributed by atoms with Gasteiger partial charge in [-0.2, -0.15) is 0 Å². The topological polar surface area (TPSA) is 59.8 Å². The molecule has 4 rings (SSSR count). The van der Waals surface area contributed by atoms with E-state index in [2.05, 4.69) is 15.3 Å². The molecular weight excluding hydrogens is 343 g/mol. The number of aromatic nitrogens is 3. The molecular formula is C21H17FN4O. The second-order valence-corrected chi connectivity index (χ2v) is 6.21. The summed E-state index contributed by atoms with van der Waals surface area (Å²) in [6.45, 7) is 0.928. The maximum absolute atomic E-state index is 13.1. The summed E-state index contributed by atoms with van der Waals surface area (Å²) in [7, 11) is 0. The van der Waals surface area contributed by atoms with Gasteiger partial charge >= 0.3 is 0 Å². The van der Waals surface area contributed by atoms with Crippen molar-refractivity contribution in [1.29, 1.82) is 0 Å². The molecule has 0 radical (unpaired) electrons. The SMILES string of the molecule is O=C(NCc1ccncc1)c1cn(Cc2ccc(F)cc2)c2ncccc12. The average molecular weight is 360 g/mol. The van der Waals surface area contributed by atoms with E-state index in [-0.39, 0.29) is 11.7 Å². The Bertz CT molecular complexity index is 1070. The summed E-state index contributed by atoms with van der Waals surface area (Å²) in [5.41, 5.74) is 3.19. The molecule has 134 valence electrons. The lowest BCUT2D eigenvalue weighted by atomic mass is 10.2. The Morgan fingerprint density at radius 1 is 1.00 bits per heavy atom. The number of nitrogens with one attached hydrogen (secondary N) is 1. The van der Waals surface area contributed by atoms with E-state index in [1.807, 2.05) is 28.8 Å². The van der Waals surface area contributed by atoms with E-state index >= 15 is 0 Å². The highest BCUT2D eigenvalue weighted by molar-refractivity contribution is 6.06. The van der Waals surface area contributed by atoms with Crippen LogP contribution in [0.3, 0.4) is 0 Å². The maximum atomic E-state index is 13.1. The summed E-state index contributed by atoms with van der Waals surface area (Å²) >= 11 is 0. The van der Waals surface area contributed by atoms with E-state index < -0.39 is 0 Å². The number of halogens is 1. The Balaban J connectivity index is 1.61. The Morgan fingerprint density at radius 3 is 2.56 bits per heavy atom. The Labute approximate surface area is 155 Å². The van der Waals surface area contributed by atoms with Crippen molar-refractivity contribution in [3.8, 4) is 0 Å². The fourth-order valence-corrected chi connectivity index (χ4v) is 2.99. The molecule has 6 heteroatoms. The van der Waals surface area contributed by atoms with E-state index in [0.717, 1.165) is 22.2 Å². The highest BCUT2D eigenvalue weighted by atomic mass is 19.1. The minimum atomic E-state index is -0.273. The fourth-order valence-electron chi connectivity index (χ4n) is 2.99. The standard InChI is InChI=1S/C21H17FN4O/c22-17-5-3-16(4-6-17)13-26-14-19(18-2-1-9-24-20(18)26)21(27)25-12-15-7-10-23-11-8-15/h1-11,14H,12-13H2,(H,25,27). The van der Waals surface area contributed by atoms with Crippen molar-refractivity contribution in [3.05, 3.63) is 95.8 Å². The normalized spacial score (nSPS) is 10.9. The molecule has 1 N–H and O–H groups in total. The van der Waals surface area contributed by atoms with Gasteiger partial charge in [0.05, 0.1) is 5.56 Å². The summed E-state index contributed by atoms with van der Waals surface area (Å²) in [5.74, 6) is -0.437. The first-order chi connectivity index (χ1) is 13.2. The zero-order valence-corrected chi connectivity index (χ0v) is 14.5. The average Bonchev–Trinajstić information content (AvgIpc) is 3.07. The minimum absolute atomic E-state index is 0.164. The van der Waals surface area contributed by atoms with Gasteiger partial charge in [-0.3, -0.25) is 9.78 Å². The first kappa shape index (κ1) is 16.9. The van der Waals surface area contributed by atoms with Crippen LogP contribution in [0.15, 0.2) is 73.3 Å². The summed E-state index contributed by atoms with van der Waals surface area (Å²) in [6, 6.07) is 13.7. The van der Waals surface area contributed by atoms with Gasteiger partial charge in [-0.05, 0) is 47.5 Å².